The molecule has 0 radical (unpaired) electrons. The molecule has 3 unspecified atom stereocenters. The number of aliphatic carboxylic acids is 1. The fraction of sp³-hybridized carbons (Fsp3) is 0.941. The molecular formula is C17H32O6Si. The van der Waals surface area contributed by atoms with Crippen LogP contribution in [0, 0.1) is 5.92 Å². The second kappa shape index (κ2) is 6.36. The Morgan fingerprint density at radius 3 is 2.42 bits per heavy atom. The van der Waals surface area contributed by atoms with Crippen molar-refractivity contribution in [2.45, 2.75) is 76.7 Å². The summed E-state index contributed by atoms with van der Waals surface area (Å²) >= 11 is 0. The Hall–Kier alpha value is -0.473. The lowest BCUT2D eigenvalue weighted by Crippen LogP contribution is -2.52. The highest BCUT2D eigenvalue weighted by molar-refractivity contribution is 6.74. The minimum atomic E-state index is -1.92. The maximum absolute atomic E-state index is 11.2. The van der Waals surface area contributed by atoms with Gasteiger partial charge in [-0.05, 0) is 32.0 Å². The summed E-state index contributed by atoms with van der Waals surface area (Å²) in [6.07, 6.45) is -0.298. The van der Waals surface area contributed by atoms with Crippen molar-refractivity contribution in [3.05, 3.63) is 0 Å². The first-order valence-electron chi connectivity index (χ1n) is 8.61. The topological polar surface area (TPSA) is 74.2 Å². The molecule has 2 rings (SSSR count). The third kappa shape index (κ3) is 3.85. The van der Waals surface area contributed by atoms with E-state index in [1.807, 2.05) is 13.8 Å². The molecule has 2 fully saturated rings. The van der Waals surface area contributed by atoms with E-state index in [1.54, 1.807) is 0 Å². The van der Waals surface area contributed by atoms with Gasteiger partial charge in [0, 0.05) is 5.92 Å². The molecule has 2 aliphatic heterocycles. The lowest BCUT2D eigenvalue weighted by Gasteiger charge is -2.39. The van der Waals surface area contributed by atoms with Crippen LogP contribution in [-0.2, 0) is 23.4 Å². The number of carboxylic acids is 1. The molecule has 0 aromatic carbocycles. The molecule has 140 valence electrons. The molecular weight excluding hydrogens is 328 g/mol. The number of hydrogen-bond acceptors (Lipinski definition) is 5. The van der Waals surface area contributed by atoms with E-state index >= 15 is 0 Å². The Morgan fingerprint density at radius 1 is 1.33 bits per heavy atom. The second-order valence-electron chi connectivity index (χ2n) is 8.93. The first-order chi connectivity index (χ1) is 10.8. The van der Waals surface area contributed by atoms with Crippen LogP contribution in [0.3, 0.4) is 0 Å². The van der Waals surface area contributed by atoms with Crippen LogP contribution in [0.15, 0.2) is 0 Å². The van der Waals surface area contributed by atoms with Crippen molar-refractivity contribution in [2.24, 2.45) is 5.92 Å². The smallest absolute Gasteiger partial charge is 0.303 e. The molecule has 0 aromatic rings. The summed E-state index contributed by atoms with van der Waals surface area (Å²) in [6.45, 7) is 15.8. The van der Waals surface area contributed by atoms with Gasteiger partial charge >= 0.3 is 5.97 Å². The quantitative estimate of drug-likeness (QED) is 0.760. The normalized spacial score (nSPS) is 33.3. The van der Waals surface area contributed by atoms with Gasteiger partial charge in [-0.1, -0.05) is 20.8 Å². The minimum Gasteiger partial charge on any atom is -0.481 e. The fourth-order valence-electron chi connectivity index (χ4n) is 3.07. The lowest BCUT2D eigenvalue weighted by molar-refractivity contribution is -0.184. The second-order valence-corrected chi connectivity index (χ2v) is 13.7. The zero-order chi connectivity index (χ0) is 18.4. The van der Waals surface area contributed by atoms with Crippen LogP contribution in [0.25, 0.3) is 0 Å². The van der Waals surface area contributed by atoms with Crippen molar-refractivity contribution in [1.82, 2.24) is 0 Å². The van der Waals surface area contributed by atoms with E-state index in [2.05, 4.69) is 33.9 Å². The Labute approximate surface area is 145 Å². The van der Waals surface area contributed by atoms with E-state index < -0.39 is 25.7 Å². The lowest BCUT2D eigenvalue weighted by atomic mass is 9.84. The van der Waals surface area contributed by atoms with E-state index in [0.717, 1.165) is 0 Å². The van der Waals surface area contributed by atoms with E-state index in [4.69, 9.17) is 18.6 Å². The van der Waals surface area contributed by atoms with E-state index in [0.29, 0.717) is 19.8 Å². The zero-order valence-electron chi connectivity index (χ0n) is 16.0. The van der Waals surface area contributed by atoms with Crippen molar-refractivity contribution >= 4 is 14.3 Å². The highest BCUT2D eigenvalue weighted by Crippen LogP contribution is 2.46. The molecule has 6 nitrogen and oxygen atoms in total. The predicted octanol–water partition coefficient (Wildman–Crippen LogP) is 3.02. The summed E-state index contributed by atoms with van der Waals surface area (Å²) in [6, 6.07) is 0. The van der Waals surface area contributed by atoms with Gasteiger partial charge in [-0.25, -0.2) is 0 Å². The van der Waals surface area contributed by atoms with Crippen LogP contribution in [0.5, 0.6) is 0 Å². The maximum Gasteiger partial charge on any atom is 0.303 e. The van der Waals surface area contributed by atoms with E-state index in [9.17, 15) is 9.90 Å². The molecule has 1 N–H and O–H groups in total. The van der Waals surface area contributed by atoms with Gasteiger partial charge in [0.1, 0.15) is 11.7 Å². The Bertz CT molecular complexity index is 484. The van der Waals surface area contributed by atoms with Gasteiger partial charge in [-0.15, -0.1) is 0 Å². The summed E-state index contributed by atoms with van der Waals surface area (Å²) in [7, 11) is -1.92. The molecule has 0 bridgehead atoms. The number of ether oxygens (including phenoxy) is 3. The van der Waals surface area contributed by atoms with Crippen molar-refractivity contribution in [1.29, 1.82) is 0 Å². The predicted molar refractivity (Wildman–Crippen MR) is 92.5 cm³/mol. The molecule has 24 heavy (non-hydrogen) atoms. The van der Waals surface area contributed by atoms with E-state index in [-0.39, 0.29) is 23.5 Å². The highest BCUT2D eigenvalue weighted by Gasteiger charge is 2.60. The van der Waals surface area contributed by atoms with Crippen molar-refractivity contribution in [3.63, 3.8) is 0 Å². The summed E-state index contributed by atoms with van der Waals surface area (Å²) in [4.78, 5) is 11.2. The fourth-order valence-corrected chi connectivity index (χ4v) is 4.07. The molecule has 0 amide bonds. The molecule has 7 heteroatoms. The minimum absolute atomic E-state index is 0.00995. The van der Waals surface area contributed by atoms with E-state index in [1.165, 1.54) is 0 Å². The molecule has 2 aliphatic rings. The van der Waals surface area contributed by atoms with Gasteiger partial charge in [0.2, 0.25) is 0 Å². The molecule has 2 saturated heterocycles. The summed E-state index contributed by atoms with van der Waals surface area (Å²) in [5.74, 6) is -1.81. The largest absolute Gasteiger partial charge is 0.481 e. The third-order valence-electron chi connectivity index (χ3n) is 5.64. The third-order valence-corrected chi connectivity index (χ3v) is 10.1. The Balaban J connectivity index is 2.16. The van der Waals surface area contributed by atoms with Gasteiger partial charge in [0.25, 0.3) is 0 Å². The van der Waals surface area contributed by atoms with Gasteiger partial charge in [0.15, 0.2) is 14.1 Å². The van der Waals surface area contributed by atoms with Crippen LogP contribution in [0.2, 0.25) is 18.1 Å². The number of hydrogen-bond donors (Lipinski definition) is 1. The van der Waals surface area contributed by atoms with Crippen molar-refractivity contribution < 1.29 is 28.5 Å². The molecule has 0 aromatic heterocycles. The van der Waals surface area contributed by atoms with Gasteiger partial charge in [0.05, 0.1) is 26.2 Å². The average Bonchev–Trinajstić information content (AvgIpc) is 2.88. The molecule has 0 aliphatic carbocycles. The SMILES string of the molecule is CC1(C)OCC2(O1)C(CC(=O)O)COC2CO[Si](C)(C)C(C)(C)C. The Morgan fingerprint density at radius 2 is 1.96 bits per heavy atom. The molecule has 0 saturated carbocycles. The summed E-state index contributed by atoms with van der Waals surface area (Å²) < 4.78 is 24.2. The number of rotatable bonds is 5. The number of carboxylic acid groups (broad SMARTS) is 1. The van der Waals surface area contributed by atoms with Crippen LogP contribution in [0.1, 0.15) is 41.0 Å². The van der Waals surface area contributed by atoms with Gasteiger partial charge in [-0.3, -0.25) is 4.79 Å². The average molecular weight is 361 g/mol. The zero-order valence-corrected chi connectivity index (χ0v) is 17.0. The van der Waals surface area contributed by atoms with Crippen LogP contribution in [-0.4, -0.2) is 56.7 Å². The first kappa shape index (κ1) is 19.8. The van der Waals surface area contributed by atoms with Crippen LogP contribution < -0.4 is 0 Å². The van der Waals surface area contributed by atoms with Crippen LogP contribution in [0.4, 0.5) is 0 Å². The van der Waals surface area contributed by atoms with Crippen LogP contribution >= 0.6 is 0 Å². The summed E-state index contributed by atoms with van der Waals surface area (Å²) in [5.41, 5.74) is -0.746. The maximum atomic E-state index is 11.2. The number of carbonyl (C=O) groups is 1. The van der Waals surface area contributed by atoms with Gasteiger partial charge < -0.3 is 23.7 Å². The van der Waals surface area contributed by atoms with Crippen molar-refractivity contribution in [2.75, 3.05) is 19.8 Å². The van der Waals surface area contributed by atoms with Gasteiger partial charge in [-0.2, -0.15) is 0 Å². The first-order valence-corrected chi connectivity index (χ1v) is 11.5. The molecule has 1 spiro atoms. The highest BCUT2D eigenvalue weighted by atomic mass is 28.4. The Kier molecular flexibility index (Phi) is 5.26. The van der Waals surface area contributed by atoms with Crippen molar-refractivity contribution in [3.8, 4) is 0 Å². The standard InChI is InChI=1S/C17H32O6Si/c1-15(2,3)24(6,7)22-10-13-17(11-21-16(4,5)23-17)12(9-20-13)8-14(18)19/h12-13H,8-11H2,1-7H3,(H,18,19). The monoisotopic (exact) mass is 360 g/mol. The summed E-state index contributed by atoms with van der Waals surface area (Å²) in [5, 5.41) is 9.33. The molecule has 2 heterocycles. The molecule has 3 atom stereocenters.